The number of Topliss-reactive ketones (excluding diaryl/α,β-unsaturated/α-hetero) is 1. The third-order valence-corrected chi connectivity index (χ3v) is 7.58. The van der Waals surface area contributed by atoms with Crippen LogP contribution < -0.4 is 10.6 Å². The van der Waals surface area contributed by atoms with Gasteiger partial charge >= 0.3 is 6.09 Å². The Kier molecular flexibility index (Phi) is 11.0. The van der Waals surface area contributed by atoms with Gasteiger partial charge in [0.05, 0.1) is 30.8 Å². The lowest BCUT2D eigenvalue weighted by atomic mass is 10.1. The fraction of sp³-hybridized carbons (Fsp3) is 0.407. The van der Waals surface area contributed by atoms with Crippen molar-refractivity contribution in [3.05, 3.63) is 71.8 Å². The summed E-state index contributed by atoms with van der Waals surface area (Å²) in [5.41, 5.74) is 1.29. The standard InChI is InChI=1S/C27H33N3O8S/c1-2-22(24(31)26(33)28-17-20-9-5-3-6-10-20)29-25(32)23(38-27(34)30-13-15-37-16-14-30)19-39(35,36)18-21-11-7-4-8-12-21/h3-12,22-23H,2,13-19H2,1H3,(H,28,33)(H,29,32)/t22-,23-/m0/s1. The summed E-state index contributed by atoms with van der Waals surface area (Å²) in [6.45, 7) is 2.72. The zero-order chi connectivity index (χ0) is 28.3. The van der Waals surface area contributed by atoms with Gasteiger partial charge in [0.25, 0.3) is 11.8 Å². The van der Waals surface area contributed by atoms with Gasteiger partial charge in [0.1, 0.15) is 0 Å². The monoisotopic (exact) mass is 559 g/mol. The molecule has 0 spiro atoms. The van der Waals surface area contributed by atoms with E-state index in [4.69, 9.17) is 9.47 Å². The highest BCUT2D eigenvalue weighted by Gasteiger charge is 2.34. The molecule has 3 rings (SSSR count). The fourth-order valence-electron chi connectivity index (χ4n) is 3.86. The molecule has 2 atom stereocenters. The van der Waals surface area contributed by atoms with Gasteiger partial charge in [-0.25, -0.2) is 13.2 Å². The second-order valence-corrected chi connectivity index (χ2v) is 11.1. The topological polar surface area (TPSA) is 148 Å². The van der Waals surface area contributed by atoms with Gasteiger partial charge in [-0.2, -0.15) is 0 Å². The average molecular weight is 560 g/mol. The number of morpholine rings is 1. The molecule has 0 aromatic heterocycles. The Morgan fingerprint density at radius 2 is 1.54 bits per heavy atom. The first-order valence-corrected chi connectivity index (χ1v) is 14.4. The maximum Gasteiger partial charge on any atom is 0.410 e. The molecule has 0 bridgehead atoms. The molecule has 12 heteroatoms. The van der Waals surface area contributed by atoms with Gasteiger partial charge in [-0.15, -0.1) is 0 Å². The van der Waals surface area contributed by atoms with Crippen molar-refractivity contribution in [2.24, 2.45) is 0 Å². The van der Waals surface area contributed by atoms with Crippen LogP contribution in [0.5, 0.6) is 0 Å². The Labute approximate surface area is 227 Å². The number of nitrogens with one attached hydrogen (secondary N) is 2. The SMILES string of the molecule is CC[C@H](NC(=O)[C@H](CS(=O)(=O)Cc1ccccc1)OC(=O)N1CCOCC1)C(=O)C(=O)NCc1ccccc1. The lowest BCUT2D eigenvalue weighted by Gasteiger charge is -2.28. The van der Waals surface area contributed by atoms with Crippen molar-refractivity contribution in [2.45, 2.75) is 37.8 Å². The van der Waals surface area contributed by atoms with Crippen molar-refractivity contribution in [1.29, 1.82) is 0 Å². The van der Waals surface area contributed by atoms with Crippen molar-refractivity contribution in [1.82, 2.24) is 15.5 Å². The van der Waals surface area contributed by atoms with Crippen LogP contribution in [0.25, 0.3) is 0 Å². The van der Waals surface area contributed by atoms with Crippen molar-refractivity contribution in [2.75, 3.05) is 32.1 Å². The normalized spacial score (nSPS) is 15.1. The van der Waals surface area contributed by atoms with E-state index in [1.807, 2.05) is 6.07 Å². The van der Waals surface area contributed by atoms with E-state index in [2.05, 4.69) is 10.6 Å². The molecule has 1 heterocycles. The lowest BCUT2D eigenvalue weighted by Crippen LogP contribution is -2.53. The van der Waals surface area contributed by atoms with Crippen LogP contribution in [0.2, 0.25) is 0 Å². The Balaban J connectivity index is 1.70. The number of carbonyl (C=O) groups is 4. The quantitative estimate of drug-likeness (QED) is 0.369. The first-order chi connectivity index (χ1) is 18.7. The van der Waals surface area contributed by atoms with Gasteiger partial charge in [-0.1, -0.05) is 67.6 Å². The molecule has 2 aromatic carbocycles. The van der Waals surface area contributed by atoms with Crippen LogP contribution in [0.3, 0.4) is 0 Å². The Morgan fingerprint density at radius 3 is 2.13 bits per heavy atom. The summed E-state index contributed by atoms with van der Waals surface area (Å²) >= 11 is 0. The number of ether oxygens (including phenoxy) is 2. The number of amides is 3. The van der Waals surface area contributed by atoms with Crippen LogP contribution in [0.15, 0.2) is 60.7 Å². The number of sulfone groups is 1. The summed E-state index contributed by atoms with van der Waals surface area (Å²) in [5.74, 6) is -3.94. The Morgan fingerprint density at radius 1 is 0.949 bits per heavy atom. The van der Waals surface area contributed by atoms with Crippen LogP contribution in [0.1, 0.15) is 24.5 Å². The van der Waals surface area contributed by atoms with E-state index in [-0.39, 0.29) is 45.0 Å². The number of nitrogens with zero attached hydrogens (tertiary/aromatic N) is 1. The lowest BCUT2D eigenvalue weighted by molar-refractivity contribution is -0.141. The maximum absolute atomic E-state index is 13.2. The van der Waals surface area contributed by atoms with E-state index in [0.717, 1.165) is 5.56 Å². The summed E-state index contributed by atoms with van der Waals surface area (Å²) in [7, 11) is -3.92. The summed E-state index contributed by atoms with van der Waals surface area (Å²) in [4.78, 5) is 52.5. The zero-order valence-electron chi connectivity index (χ0n) is 21.7. The maximum atomic E-state index is 13.2. The van der Waals surface area contributed by atoms with Crippen LogP contribution in [0, 0.1) is 0 Å². The molecule has 11 nitrogen and oxygen atoms in total. The van der Waals surface area contributed by atoms with Crippen molar-refractivity contribution in [3.8, 4) is 0 Å². The molecular weight excluding hydrogens is 526 g/mol. The van der Waals surface area contributed by atoms with E-state index in [1.54, 1.807) is 61.5 Å². The van der Waals surface area contributed by atoms with Crippen molar-refractivity contribution < 1.29 is 37.1 Å². The first-order valence-electron chi connectivity index (χ1n) is 12.6. The van der Waals surface area contributed by atoms with Gasteiger partial charge in [0, 0.05) is 19.6 Å². The predicted octanol–water partition coefficient (Wildman–Crippen LogP) is 1.22. The van der Waals surface area contributed by atoms with Gasteiger partial charge in [0.15, 0.2) is 15.9 Å². The molecular formula is C27H33N3O8S. The zero-order valence-corrected chi connectivity index (χ0v) is 22.5. The Bertz CT molecular complexity index is 1230. The Hall–Kier alpha value is -3.77. The number of rotatable bonds is 12. The smallest absolute Gasteiger partial charge is 0.410 e. The molecule has 0 aliphatic carbocycles. The van der Waals surface area contributed by atoms with E-state index < -0.39 is 51.4 Å². The minimum atomic E-state index is -3.92. The molecule has 3 amide bonds. The van der Waals surface area contributed by atoms with Crippen LogP contribution in [0.4, 0.5) is 4.79 Å². The molecule has 210 valence electrons. The van der Waals surface area contributed by atoms with E-state index in [0.29, 0.717) is 5.56 Å². The highest BCUT2D eigenvalue weighted by molar-refractivity contribution is 7.90. The van der Waals surface area contributed by atoms with E-state index in [9.17, 15) is 27.6 Å². The summed E-state index contributed by atoms with van der Waals surface area (Å²) < 4.78 is 36.5. The van der Waals surface area contributed by atoms with E-state index >= 15 is 0 Å². The second kappa shape index (κ2) is 14.4. The summed E-state index contributed by atoms with van der Waals surface area (Å²) in [5, 5.41) is 4.92. The van der Waals surface area contributed by atoms with E-state index in [1.165, 1.54) is 4.90 Å². The molecule has 0 radical (unpaired) electrons. The molecule has 1 aliphatic rings. The third kappa shape index (κ3) is 9.48. The van der Waals surface area contributed by atoms with Gasteiger partial charge in [-0.3, -0.25) is 14.4 Å². The minimum absolute atomic E-state index is 0.0597. The third-order valence-electron chi connectivity index (χ3n) is 6.00. The van der Waals surface area contributed by atoms with Gasteiger partial charge in [-0.05, 0) is 17.5 Å². The van der Waals surface area contributed by atoms with Crippen LogP contribution in [-0.2, 0) is 46.0 Å². The molecule has 1 saturated heterocycles. The molecule has 0 saturated carbocycles. The molecule has 2 N–H and O–H groups in total. The number of carbonyl (C=O) groups excluding carboxylic acids is 4. The molecule has 1 aliphatic heterocycles. The van der Waals surface area contributed by atoms with Gasteiger partial charge < -0.3 is 25.0 Å². The number of benzene rings is 2. The second-order valence-electron chi connectivity index (χ2n) is 9.01. The average Bonchev–Trinajstić information content (AvgIpc) is 2.94. The number of ketones is 1. The van der Waals surface area contributed by atoms with Crippen molar-refractivity contribution in [3.63, 3.8) is 0 Å². The first kappa shape index (κ1) is 29.8. The number of hydrogen-bond donors (Lipinski definition) is 2. The fourth-order valence-corrected chi connectivity index (χ4v) is 5.36. The predicted molar refractivity (Wildman–Crippen MR) is 142 cm³/mol. The van der Waals surface area contributed by atoms with Crippen molar-refractivity contribution >= 4 is 33.5 Å². The highest BCUT2D eigenvalue weighted by Crippen LogP contribution is 2.12. The molecule has 2 aromatic rings. The van der Waals surface area contributed by atoms with Crippen LogP contribution in [-0.4, -0.2) is 81.2 Å². The molecule has 39 heavy (non-hydrogen) atoms. The largest absolute Gasteiger partial charge is 0.435 e. The minimum Gasteiger partial charge on any atom is -0.435 e. The number of hydrogen-bond acceptors (Lipinski definition) is 8. The molecule has 1 fully saturated rings. The summed E-state index contributed by atoms with van der Waals surface area (Å²) in [6, 6.07) is 16.1. The highest BCUT2D eigenvalue weighted by atomic mass is 32.2. The summed E-state index contributed by atoms with van der Waals surface area (Å²) in [6.07, 6.45) is -2.54. The van der Waals surface area contributed by atoms with Gasteiger partial charge in [0.2, 0.25) is 5.78 Å². The molecule has 0 unspecified atom stereocenters. The van der Waals surface area contributed by atoms with Crippen LogP contribution >= 0.6 is 0 Å².